The lowest BCUT2D eigenvalue weighted by Crippen LogP contribution is -2.30. The van der Waals surface area contributed by atoms with Gasteiger partial charge in [0.15, 0.2) is 5.82 Å². The number of aromatic nitrogens is 2. The van der Waals surface area contributed by atoms with Gasteiger partial charge in [0.25, 0.3) is 5.89 Å². The third-order valence-electron chi connectivity index (χ3n) is 4.81. The second-order valence-corrected chi connectivity index (χ2v) is 8.85. The molecule has 1 aromatic heterocycles. The number of hydrogen-bond acceptors (Lipinski definition) is 6. The van der Waals surface area contributed by atoms with E-state index in [4.69, 9.17) is 9.26 Å². The predicted octanol–water partition coefficient (Wildman–Crippen LogP) is 3.07. The monoisotopic (exact) mass is 389 g/mol. The van der Waals surface area contributed by atoms with E-state index in [1.165, 1.54) is 5.41 Å². The summed E-state index contributed by atoms with van der Waals surface area (Å²) in [7, 11) is -3.52. The molecule has 2 atom stereocenters. The Hall–Kier alpha value is -2.03. The molecule has 1 saturated heterocycles. The molecule has 4 rings (SSSR count). The van der Waals surface area contributed by atoms with E-state index < -0.39 is 10.0 Å². The first-order chi connectivity index (χ1) is 13.0. The zero-order valence-corrected chi connectivity index (χ0v) is 16.0. The maximum atomic E-state index is 12.2. The Balaban J connectivity index is 1.28. The third kappa shape index (κ3) is 4.82. The van der Waals surface area contributed by atoms with E-state index in [9.17, 15) is 8.42 Å². The average Bonchev–Trinajstić information content (AvgIpc) is 3.19. The number of hydrogen-bond donors (Lipinski definition) is 1. The second kappa shape index (κ2) is 7.53. The summed E-state index contributed by atoms with van der Waals surface area (Å²) in [6.07, 6.45) is 4.86. The number of ether oxygens (including phenoxy) is 1. The van der Waals surface area contributed by atoms with Crippen LogP contribution in [-0.2, 0) is 14.8 Å². The molecule has 0 radical (unpaired) electrons. The van der Waals surface area contributed by atoms with Crippen LogP contribution in [0.1, 0.15) is 60.5 Å². The number of nitrogens with zero attached hydrogens (tertiary/aromatic N) is 2. The molecule has 27 heavy (non-hydrogen) atoms. The standard InChI is InChI=1S/C19H23N3O4S/c1-13-2-4-14(5-3-13)10-11-27(23,24)20-12-16-8-9-17(25-16)19-21-18(22-26-19)15-6-7-15/h2-5,10-11,15-17,20H,6-9,12H2,1H3/b11-10+/t16-,17+/m1/s1. The summed E-state index contributed by atoms with van der Waals surface area (Å²) in [4.78, 5) is 4.41. The van der Waals surface area contributed by atoms with Crippen molar-refractivity contribution in [2.45, 2.75) is 50.7 Å². The molecule has 7 nitrogen and oxygen atoms in total. The Kier molecular flexibility index (Phi) is 5.12. The van der Waals surface area contributed by atoms with Crippen LogP contribution in [0.3, 0.4) is 0 Å². The lowest BCUT2D eigenvalue weighted by Gasteiger charge is -2.11. The zero-order chi connectivity index (χ0) is 18.9. The summed E-state index contributed by atoms with van der Waals surface area (Å²) in [5, 5.41) is 5.19. The minimum Gasteiger partial charge on any atom is -0.364 e. The lowest BCUT2D eigenvalue weighted by atomic mass is 10.2. The van der Waals surface area contributed by atoms with Crippen LogP contribution in [0.25, 0.3) is 6.08 Å². The highest BCUT2D eigenvalue weighted by atomic mass is 32.2. The summed E-state index contributed by atoms with van der Waals surface area (Å²) in [6, 6.07) is 7.65. The molecular formula is C19H23N3O4S. The first kappa shape index (κ1) is 18.3. The fraction of sp³-hybridized carbons (Fsp3) is 0.474. The van der Waals surface area contributed by atoms with Gasteiger partial charge in [0, 0.05) is 17.9 Å². The SMILES string of the molecule is Cc1ccc(/C=C/S(=O)(=O)NC[C@H]2CC[C@@H](c3nc(C4CC4)no3)O2)cc1. The predicted molar refractivity (Wildman–Crippen MR) is 100 cm³/mol. The van der Waals surface area contributed by atoms with Crippen molar-refractivity contribution >= 4 is 16.1 Å². The van der Waals surface area contributed by atoms with E-state index in [2.05, 4.69) is 14.9 Å². The minimum absolute atomic E-state index is 0.200. The van der Waals surface area contributed by atoms with E-state index >= 15 is 0 Å². The average molecular weight is 389 g/mol. The Morgan fingerprint density at radius 2 is 1.96 bits per heavy atom. The Bertz CT molecular complexity index is 917. The van der Waals surface area contributed by atoms with Crippen molar-refractivity contribution in [3.63, 3.8) is 0 Å². The summed E-state index contributed by atoms with van der Waals surface area (Å²) in [5.41, 5.74) is 1.97. The summed E-state index contributed by atoms with van der Waals surface area (Å²) in [6.45, 7) is 2.21. The van der Waals surface area contributed by atoms with Crippen LogP contribution < -0.4 is 4.72 Å². The highest BCUT2D eigenvalue weighted by Gasteiger charge is 2.34. The summed E-state index contributed by atoms with van der Waals surface area (Å²) < 4.78 is 38.1. The molecule has 2 fully saturated rings. The second-order valence-electron chi connectivity index (χ2n) is 7.20. The molecule has 0 unspecified atom stereocenters. The Morgan fingerprint density at radius 1 is 1.19 bits per heavy atom. The van der Waals surface area contributed by atoms with Crippen LogP contribution in [0.4, 0.5) is 0 Å². The van der Waals surface area contributed by atoms with E-state index in [0.717, 1.165) is 42.6 Å². The largest absolute Gasteiger partial charge is 0.364 e. The summed E-state index contributed by atoms with van der Waals surface area (Å²) >= 11 is 0. The number of aryl methyl sites for hydroxylation is 1. The third-order valence-corrected chi connectivity index (χ3v) is 5.88. The minimum atomic E-state index is -3.52. The van der Waals surface area contributed by atoms with Crippen LogP contribution in [0.2, 0.25) is 0 Å². The molecular weight excluding hydrogens is 366 g/mol. The van der Waals surface area contributed by atoms with Gasteiger partial charge >= 0.3 is 0 Å². The Morgan fingerprint density at radius 3 is 2.70 bits per heavy atom. The van der Waals surface area contributed by atoms with E-state index in [0.29, 0.717) is 11.8 Å². The highest BCUT2D eigenvalue weighted by molar-refractivity contribution is 7.92. The molecule has 2 heterocycles. The van der Waals surface area contributed by atoms with Gasteiger partial charge in [-0.05, 0) is 44.2 Å². The van der Waals surface area contributed by atoms with E-state index in [-0.39, 0.29) is 18.8 Å². The van der Waals surface area contributed by atoms with Gasteiger partial charge in [-0.1, -0.05) is 35.0 Å². The number of nitrogens with one attached hydrogen (secondary N) is 1. The van der Waals surface area contributed by atoms with Crippen LogP contribution in [0, 0.1) is 6.92 Å². The molecule has 1 aliphatic heterocycles. The van der Waals surface area contributed by atoms with Crippen LogP contribution in [0.15, 0.2) is 34.2 Å². The van der Waals surface area contributed by atoms with Gasteiger partial charge in [-0.15, -0.1) is 0 Å². The first-order valence-electron chi connectivity index (χ1n) is 9.22. The number of rotatable bonds is 7. The summed E-state index contributed by atoms with van der Waals surface area (Å²) in [5.74, 6) is 1.70. The fourth-order valence-corrected chi connectivity index (χ4v) is 3.88. The van der Waals surface area contributed by atoms with Crippen molar-refractivity contribution in [2.75, 3.05) is 6.54 Å². The van der Waals surface area contributed by atoms with Gasteiger partial charge < -0.3 is 9.26 Å². The maximum absolute atomic E-state index is 12.2. The van der Waals surface area contributed by atoms with Crippen LogP contribution in [0.5, 0.6) is 0 Å². The maximum Gasteiger partial charge on any atom is 0.255 e. The van der Waals surface area contributed by atoms with Crippen LogP contribution >= 0.6 is 0 Å². The Labute approximate surface area is 158 Å². The fourth-order valence-electron chi connectivity index (χ4n) is 3.03. The molecule has 2 aromatic rings. The topological polar surface area (TPSA) is 94.3 Å². The first-order valence-corrected chi connectivity index (χ1v) is 10.8. The molecule has 1 aromatic carbocycles. The van der Waals surface area contributed by atoms with E-state index in [1.807, 2.05) is 31.2 Å². The van der Waals surface area contributed by atoms with Crippen molar-refractivity contribution in [1.29, 1.82) is 0 Å². The van der Waals surface area contributed by atoms with Gasteiger partial charge in [0.05, 0.1) is 6.10 Å². The van der Waals surface area contributed by atoms with Crippen molar-refractivity contribution in [3.8, 4) is 0 Å². The molecule has 2 aliphatic rings. The normalized spacial score (nSPS) is 23.3. The van der Waals surface area contributed by atoms with Gasteiger partial charge in [-0.25, -0.2) is 13.1 Å². The van der Waals surface area contributed by atoms with Crippen molar-refractivity contribution in [3.05, 3.63) is 52.5 Å². The molecule has 1 saturated carbocycles. The van der Waals surface area contributed by atoms with Gasteiger partial charge in [-0.2, -0.15) is 4.98 Å². The molecule has 1 N–H and O–H groups in total. The molecule has 1 aliphatic carbocycles. The van der Waals surface area contributed by atoms with Crippen LogP contribution in [-0.4, -0.2) is 31.2 Å². The van der Waals surface area contributed by atoms with E-state index in [1.54, 1.807) is 6.08 Å². The van der Waals surface area contributed by atoms with Gasteiger partial charge in [0.2, 0.25) is 10.0 Å². The van der Waals surface area contributed by atoms with Gasteiger partial charge in [0.1, 0.15) is 6.10 Å². The quantitative estimate of drug-likeness (QED) is 0.782. The smallest absolute Gasteiger partial charge is 0.255 e. The highest BCUT2D eigenvalue weighted by Crippen LogP contribution is 2.39. The molecule has 0 spiro atoms. The van der Waals surface area contributed by atoms with Crippen molar-refractivity contribution in [2.24, 2.45) is 0 Å². The lowest BCUT2D eigenvalue weighted by molar-refractivity contribution is 0.0290. The molecule has 0 bridgehead atoms. The van der Waals surface area contributed by atoms with Crippen molar-refractivity contribution in [1.82, 2.24) is 14.9 Å². The number of sulfonamides is 1. The molecule has 0 amide bonds. The molecule has 8 heteroatoms. The zero-order valence-electron chi connectivity index (χ0n) is 15.2. The van der Waals surface area contributed by atoms with Gasteiger partial charge in [-0.3, -0.25) is 0 Å². The van der Waals surface area contributed by atoms with Crippen molar-refractivity contribution < 1.29 is 17.7 Å². The molecule has 144 valence electrons. The number of benzene rings is 1.